The average Bonchev–Trinajstić information content (AvgIpc) is 3.19. The van der Waals surface area contributed by atoms with Gasteiger partial charge < -0.3 is 9.47 Å². The highest BCUT2D eigenvalue weighted by Gasteiger charge is 2.27. The summed E-state index contributed by atoms with van der Waals surface area (Å²) in [7, 11) is 0. The second-order valence-electron chi connectivity index (χ2n) is 8.87. The van der Waals surface area contributed by atoms with Gasteiger partial charge in [-0.2, -0.15) is 0 Å². The fourth-order valence-corrected chi connectivity index (χ4v) is 4.79. The molecule has 162 valence electrons. The number of carbonyl (C=O) groups excluding carboxylic acids is 1. The summed E-state index contributed by atoms with van der Waals surface area (Å²) >= 11 is 0. The predicted molar refractivity (Wildman–Crippen MR) is 129 cm³/mol. The molecule has 2 heterocycles. The Morgan fingerprint density at radius 2 is 1.62 bits per heavy atom. The Kier molecular flexibility index (Phi) is 5.52. The van der Waals surface area contributed by atoms with Gasteiger partial charge in [0.05, 0.1) is 11.0 Å². The molecule has 4 aromatic rings. The van der Waals surface area contributed by atoms with Crippen molar-refractivity contribution in [2.45, 2.75) is 39.2 Å². The molecule has 0 saturated carbocycles. The van der Waals surface area contributed by atoms with Crippen LogP contribution in [0.2, 0.25) is 0 Å². The molecule has 0 spiro atoms. The van der Waals surface area contributed by atoms with Crippen LogP contribution in [0.15, 0.2) is 72.8 Å². The van der Waals surface area contributed by atoms with Gasteiger partial charge in [0.15, 0.2) is 0 Å². The van der Waals surface area contributed by atoms with Crippen LogP contribution in [0.3, 0.4) is 0 Å². The van der Waals surface area contributed by atoms with Crippen LogP contribution in [0.5, 0.6) is 0 Å². The number of fused-ring (bicyclic) bond motifs is 1. The Morgan fingerprint density at radius 1 is 0.906 bits per heavy atom. The van der Waals surface area contributed by atoms with E-state index in [1.54, 1.807) is 0 Å². The molecule has 1 aliphatic heterocycles. The summed E-state index contributed by atoms with van der Waals surface area (Å²) in [4.78, 5) is 20.1. The Hall–Kier alpha value is -3.40. The largest absolute Gasteiger partial charge is 0.338 e. The van der Waals surface area contributed by atoms with Gasteiger partial charge in [-0.1, -0.05) is 48.5 Å². The summed E-state index contributed by atoms with van der Waals surface area (Å²) in [6.45, 7) is 5.69. The Bertz CT molecular complexity index is 1250. The zero-order chi connectivity index (χ0) is 22.1. The van der Waals surface area contributed by atoms with Gasteiger partial charge in [-0.25, -0.2) is 4.98 Å². The highest BCUT2D eigenvalue weighted by molar-refractivity contribution is 5.94. The minimum Gasteiger partial charge on any atom is -0.338 e. The van der Waals surface area contributed by atoms with Crippen molar-refractivity contribution in [2.24, 2.45) is 0 Å². The summed E-state index contributed by atoms with van der Waals surface area (Å²) in [5.74, 6) is 1.25. The number of piperidine rings is 1. The van der Waals surface area contributed by atoms with E-state index in [-0.39, 0.29) is 5.91 Å². The molecule has 0 atom stereocenters. The van der Waals surface area contributed by atoms with E-state index in [0.717, 1.165) is 49.3 Å². The maximum atomic E-state index is 13.1. The van der Waals surface area contributed by atoms with E-state index in [9.17, 15) is 4.79 Å². The smallest absolute Gasteiger partial charge is 0.253 e. The summed E-state index contributed by atoms with van der Waals surface area (Å²) < 4.78 is 2.43. The number of benzene rings is 3. The highest BCUT2D eigenvalue weighted by Crippen LogP contribution is 2.30. The first-order valence-electron chi connectivity index (χ1n) is 11.5. The lowest BCUT2D eigenvalue weighted by molar-refractivity contribution is 0.0695. The van der Waals surface area contributed by atoms with Gasteiger partial charge in [-0.15, -0.1) is 0 Å². The first-order valence-corrected chi connectivity index (χ1v) is 11.5. The normalized spacial score (nSPS) is 14.8. The second-order valence-corrected chi connectivity index (χ2v) is 8.87. The Morgan fingerprint density at radius 3 is 2.38 bits per heavy atom. The molecular formula is C28H29N3O. The van der Waals surface area contributed by atoms with Gasteiger partial charge in [0, 0.05) is 31.1 Å². The van der Waals surface area contributed by atoms with Gasteiger partial charge in [0.25, 0.3) is 5.91 Å². The summed E-state index contributed by atoms with van der Waals surface area (Å²) in [5.41, 5.74) is 6.69. The third-order valence-electron chi connectivity index (χ3n) is 6.74. The molecule has 0 aliphatic carbocycles. The van der Waals surface area contributed by atoms with Crippen molar-refractivity contribution in [3.63, 3.8) is 0 Å². The van der Waals surface area contributed by atoms with Gasteiger partial charge in [0.2, 0.25) is 0 Å². The Balaban J connectivity index is 1.38. The summed E-state index contributed by atoms with van der Waals surface area (Å²) in [6.07, 6.45) is 2.70. The number of aromatic nitrogens is 2. The van der Waals surface area contributed by atoms with Crippen LogP contribution in [0.25, 0.3) is 11.0 Å². The first-order chi connectivity index (χ1) is 15.6. The first kappa shape index (κ1) is 20.5. The van der Waals surface area contributed by atoms with Crippen molar-refractivity contribution in [1.82, 2.24) is 14.5 Å². The minimum atomic E-state index is 0.145. The molecule has 4 heteroatoms. The van der Waals surface area contributed by atoms with E-state index in [2.05, 4.69) is 73.0 Å². The van der Waals surface area contributed by atoms with Crippen molar-refractivity contribution in [3.8, 4) is 0 Å². The van der Waals surface area contributed by atoms with Gasteiger partial charge in [-0.3, -0.25) is 4.79 Å². The number of likely N-dealkylation sites (tertiary alicyclic amines) is 1. The lowest BCUT2D eigenvalue weighted by Crippen LogP contribution is -2.39. The van der Waals surface area contributed by atoms with E-state index in [0.29, 0.717) is 6.04 Å². The number of para-hydroxylation sites is 2. The van der Waals surface area contributed by atoms with Crippen LogP contribution >= 0.6 is 0 Å². The molecule has 5 rings (SSSR count). The second kappa shape index (κ2) is 8.62. The van der Waals surface area contributed by atoms with Gasteiger partial charge >= 0.3 is 0 Å². The molecule has 1 saturated heterocycles. The number of hydrogen-bond donors (Lipinski definition) is 0. The SMILES string of the molecule is Cc1ccc(C(=O)N2CCC(n3c(Cc4ccccc4)nc4ccccc43)CC2)cc1C. The molecule has 0 unspecified atom stereocenters. The molecule has 1 fully saturated rings. The van der Waals surface area contributed by atoms with E-state index >= 15 is 0 Å². The van der Waals surface area contributed by atoms with Crippen molar-refractivity contribution >= 4 is 16.9 Å². The molecule has 1 amide bonds. The molecule has 4 nitrogen and oxygen atoms in total. The van der Waals surface area contributed by atoms with Gasteiger partial charge in [-0.05, 0) is 67.6 Å². The Labute approximate surface area is 189 Å². The van der Waals surface area contributed by atoms with E-state index in [1.807, 2.05) is 23.1 Å². The van der Waals surface area contributed by atoms with Crippen molar-refractivity contribution < 1.29 is 4.79 Å². The number of nitrogens with zero attached hydrogens (tertiary/aromatic N) is 3. The molecule has 0 radical (unpaired) electrons. The monoisotopic (exact) mass is 423 g/mol. The van der Waals surface area contributed by atoms with Crippen molar-refractivity contribution in [3.05, 3.63) is 101 Å². The maximum absolute atomic E-state index is 13.1. The number of carbonyl (C=O) groups is 1. The quantitative estimate of drug-likeness (QED) is 0.421. The fourth-order valence-electron chi connectivity index (χ4n) is 4.79. The van der Waals surface area contributed by atoms with Crippen LogP contribution < -0.4 is 0 Å². The molecule has 32 heavy (non-hydrogen) atoms. The molecule has 3 aromatic carbocycles. The predicted octanol–water partition coefficient (Wildman–Crippen LogP) is 5.72. The summed E-state index contributed by atoms with van der Waals surface area (Å²) in [5, 5.41) is 0. The van der Waals surface area contributed by atoms with E-state index in [1.165, 1.54) is 22.2 Å². The molecule has 1 aromatic heterocycles. The number of amides is 1. The standard InChI is InChI=1S/C28H29N3O/c1-20-12-13-23(18-21(20)2)28(32)30-16-14-24(15-17-30)31-26-11-7-6-10-25(26)29-27(31)19-22-8-4-3-5-9-22/h3-13,18,24H,14-17,19H2,1-2H3. The van der Waals surface area contributed by atoms with E-state index < -0.39 is 0 Å². The molecule has 0 bridgehead atoms. The summed E-state index contributed by atoms with van der Waals surface area (Å²) in [6, 6.07) is 25.3. The van der Waals surface area contributed by atoms with Crippen LogP contribution in [0.4, 0.5) is 0 Å². The number of imidazole rings is 1. The van der Waals surface area contributed by atoms with Crippen molar-refractivity contribution in [2.75, 3.05) is 13.1 Å². The molecule has 1 aliphatic rings. The third kappa shape index (κ3) is 3.93. The highest BCUT2D eigenvalue weighted by atomic mass is 16.2. The topological polar surface area (TPSA) is 38.1 Å². The van der Waals surface area contributed by atoms with Gasteiger partial charge in [0.1, 0.15) is 5.82 Å². The molecule has 0 N–H and O–H groups in total. The van der Waals surface area contributed by atoms with E-state index in [4.69, 9.17) is 4.98 Å². The number of hydrogen-bond acceptors (Lipinski definition) is 2. The fraction of sp³-hybridized carbons (Fsp3) is 0.286. The van der Waals surface area contributed by atoms with Crippen LogP contribution in [-0.4, -0.2) is 33.4 Å². The lowest BCUT2D eigenvalue weighted by Gasteiger charge is -2.34. The van der Waals surface area contributed by atoms with Crippen LogP contribution in [-0.2, 0) is 6.42 Å². The third-order valence-corrected chi connectivity index (χ3v) is 6.74. The van der Waals surface area contributed by atoms with Crippen LogP contribution in [0.1, 0.15) is 51.8 Å². The molecular weight excluding hydrogens is 394 g/mol. The number of aryl methyl sites for hydroxylation is 2. The lowest BCUT2D eigenvalue weighted by atomic mass is 10.0. The zero-order valence-electron chi connectivity index (χ0n) is 18.8. The number of rotatable bonds is 4. The minimum absolute atomic E-state index is 0.145. The van der Waals surface area contributed by atoms with Crippen LogP contribution in [0, 0.1) is 13.8 Å². The van der Waals surface area contributed by atoms with Crippen molar-refractivity contribution in [1.29, 1.82) is 0 Å². The maximum Gasteiger partial charge on any atom is 0.253 e. The average molecular weight is 424 g/mol. The zero-order valence-corrected chi connectivity index (χ0v) is 18.8.